The Bertz CT molecular complexity index is 793. The van der Waals surface area contributed by atoms with Crippen molar-refractivity contribution in [1.82, 2.24) is 0 Å². The molecule has 0 aliphatic rings. The summed E-state index contributed by atoms with van der Waals surface area (Å²) >= 11 is 0. The van der Waals surface area contributed by atoms with Crippen molar-refractivity contribution in [2.75, 3.05) is 20.8 Å². The molecule has 2 aromatic carbocycles. The molecule has 5 heteroatoms. The Morgan fingerprint density at radius 3 is 2.48 bits per heavy atom. The summed E-state index contributed by atoms with van der Waals surface area (Å²) in [5.41, 5.74) is 2.26. The largest absolute Gasteiger partial charge is 0.497 e. The maximum absolute atomic E-state index is 11.9. The summed E-state index contributed by atoms with van der Waals surface area (Å²) in [5, 5.41) is 9.71. The molecule has 0 aromatic heterocycles. The molecule has 0 fully saturated rings. The first-order valence-corrected chi connectivity index (χ1v) is 7.91. The van der Waals surface area contributed by atoms with Crippen LogP contribution < -0.4 is 14.2 Å². The number of carboxylic acid groups (broad SMARTS) is 1. The number of rotatable bonds is 7. The molecule has 0 aliphatic heterocycles. The van der Waals surface area contributed by atoms with E-state index in [9.17, 15) is 9.90 Å². The van der Waals surface area contributed by atoms with Gasteiger partial charge in [-0.25, -0.2) is 4.79 Å². The van der Waals surface area contributed by atoms with E-state index < -0.39 is 5.97 Å². The Labute approximate surface area is 147 Å². The van der Waals surface area contributed by atoms with Crippen molar-refractivity contribution in [1.29, 1.82) is 0 Å². The van der Waals surface area contributed by atoms with Gasteiger partial charge in [-0.1, -0.05) is 18.2 Å². The van der Waals surface area contributed by atoms with E-state index in [1.165, 1.54) is 0 Å². The van der Waals surface area contributed by atoms with Gasteiger partial charge in [0.05, 0.1) is 26.4 Å². The fourth-order valence-electron chi connectivity index (χ4n) is 2.58. The van der Waals surface area contributed by atoms with Gasteiger partial charge in [-0.3, -0.25) is 0 Å². The van der Waals surface area contributed by atoms with Crippen molar-refractivity contribution in [2.24, 2.45) is 0 Å². The molecule has 0 spiro atoms. The van der Waals surface area contributed by atoms with Crippen LogP contribution in [0.4, 0.5) is 0 Å². The molecular formula is C20H22O5. The standard InChI is InChI=1S/C20H22O5/c1-5-25-19-14(7-6-8-18(19)24-4)12-17(20(21)22)16-10-9-15(23-3)11-13(16)2/h6-12H,5H2,1-4H3,(H,21,22)/b17-12-. The first-order valence-electron chi connectivity index (χ1n) is 7.91. The minimum Gasteiger partial charge on any atom is -0.497 e. The summed E-state index contributed by atoms with van der Waals surface area (Å²) in [6, 6.07) is 10.7. The van der Waals surface area contributed by atoms with Gasteiger partial charge in [-0.15, -0.1) is 0 Å². The lowest BCUT2D eigenvalue weighted by Crippen LogP contribution is -2.03. The van der Waals surface area contributed by atoms with Gasteiger partial charge in [-0.05, 0) is 49.2 Å². The molecule has 0 radical (unpaired) electrons. The van der Waals surface area contributed by atoms with E-state index in [1.54, 1.807) is 56.7 Å². The smallest absolute Gasteiger partial charge is 0.336 e. The van der Waals surface area contributed by atoms with Crippen LogP contribution in [0.2, 0.25) is 0 Å². The maximum Gasteiger partial charge on any atom is 0.336 e. The van der Waals surface area contributed by atoms with Crippen LogP contribution in [0.3, 0.4) is 0 Å². The van der Waals surface area contributed by atoms with Crippen LogP contribution in [0.5, 0.6) is 17.2 Å². The first-order chi connectivity index (χ1) is 12.0. The summed E-state index contributed by atoms with van der Waals surface area (Å²) in [4.78, 5) is 11.9. The zero-order valence-corrected chi connectivity index (χ0v) is 14.8. The van der Waals surface area contributed by atoms with Crippen molar-refractivity contribution in [3.8, 4) is 17.2 Å². The molecule has 0 aliphatic carbocycles. The molecule has 0 saturated heterocycles. The van der Waals surface area contributed by atoms with E-state index >= 15 is 0 Å². The third-order valence-corrected chi connectivity index (χ3v) is 3.77. The molecule has 1 N–H and O–H groups in total. The summed E-state index contributed by atoms with van der Waals surface area (Å²) in [7, 11) is 3.13. The number of hydrogen-bond donors (Lipinski definition) is 1. The van der Waals surface area contributed by atoms with Crippen molar-refractivity contribution in [3.63, 3.8) is 0 Å². The maximum atomic E-state index is 11.9. The van der Waals surface area contributed by atoms with Crippen LogP contribution >= 0.6 is 0 Å². The number of aryl methyl sites for hydroxylation is 1. The summed E-state index contributed by atoms with van der Waals surface area (Å²) < 4.78 is 16.2. The van der Waals surface area contributed by atoms with Crippen molar-refractivity contribution in [2.45, 2.75) is 13.8 Å². The predicted molar refractivity (Wildman–Crippen MR) is 97.4 cm³/mol. The van der Waals surface area contributed by atoms with Crippen LogP contribution in [0, 0.1) is 6.92 Å². The minimum absolute atomic E-state index is 0.175. The molecule has 0 amide bonds. The number of aliphatic carboxylic acids is 1. The van der Waals surface area contributed by atoms with Crippen LogP contribution in [-0.4, -0.2) is 31.9 Å². The molecule has 2 rings (SSSR count). The van der Waals surface area contributed by atoms with E-state index in [0.717, 1.165) is 5.56 Å². The lowest BCUT2D eigenvalue weighted by Gasteiger charge is -2.13. The van der Waals surface area contributed by atoms with E-state index in [1.807, 2.05) is 13.8 Å². The highest BCUT2D eigenvalue weighted by Crippen LogP contribution is 2.34. The Balaban J connectivity index is 2.60. The Hall–Kier alpha value is -2.95. The quantitative estimate of drug-likeness (QED) is 0.608. The SMILES string of the molecule is CCOc1c(/C=C(\C(=O)O)c2ccc(OC)cc2C)cccc1OC. The van der Waals surface area contributed by atoms with Gasteiger partial charge in [0.1, 0.15) is 5.75 Å². The fourth-order valence-corrected chi connectivity index (χ4v) is 2.58. The molecule has 25 heavy (non-hydrogen) atoms. The highest BCUT2D eigenvalue weighted by Gasteiger charge is 2.16. The van der Waals surface area contributed by atoms with E-state index in [2.05, 4.69) is 0 Å². The number of benzene rings is 2. The first kappa shape index (κ1) is 18.4. The van der Waals surface area contributed by atoms with Gasteiger partial charge in [0.2, 0.25) is 0 Å². The van der Waals surface area contributed by atoms with E-state index in [4.69, 9.17) is 14.2 Å². The second kappa shape index (κ2) is 8.24. The Morgan fingerprint density at radius 1 is 1.16 bits per heavy atom. The zero-order chi connectivity index (χ0) is 18.4. The monoisotopic (exact) mass is 342 g/mol. The summed E-state index contributed by atoms with van der Waals surface area (Å²) in [6.45, 7) is 4.17. The molecular weight excluding hydrogens is 320 g/mol. The van der Waals surface area contributed by atoms with Gasteiger partial charge in [0.25, 0.3) is 0 Å². The van der Waals surface area contributed by atoms with Gasteiger partial charge >= 0.3 is 5.97 Å². The van der Waals surface area contributed by atoms with Crippen LogP contribution in [-0.2, 0) is 4.79 Å². The van der Waals surface area contributed by atoms with Crippen molar-refractivity contribution in [3.05, 3.63) is 53.1 Å². The van der Waals surface area contributed by atoms with Crippen molar-refractivity contribution < 1.29 is 24.1 Å². The predicted octanol–water partition coefficient (Wildman–Crippen LogP) is 4.04. The number of para-hydroxylation sites is 1. The highest BCUT2D eigenvalue weighted by molar-refractivity contribution is 6.21. The molecule has 0 bridgehead atoms. The summed E-state index contributed by atoms with van der Waals surface area (Å²) in [5.74, 6) is 0.755. The minimum atomic E-state index is -1.02. The van der Waals surface area contributed by atoms with Crippen LogP contribution in [0.1, 0.15) is 23.6 Å². The highest BCUT2D eigenvalue weighted by atomic mass is 16.5. The summed E-state index contributed by atoms with van der Waals surface area (Å²) in [6.07, 6.45) is 1.60. The molecule has 0 heterocycles. The van der Waals surface area contributed by atoms with Crippen LogP contribution in [0.15, 0.2) is 36.4 Å². The average molecular weight is 342 g/mol. The van der Waals surface area contributed by atoms with Crippen molar-refractivity contribution >= 4 is 17.6 Å². The van der Waals surface area contributed by atoms with Crippen LogP contribution in [0.25, 0.3) is 11.6 Å². The average Bonchev–Trinajstić information content (AvgIpc) is 2.61. The molecule has 0 unspecified atom stereocenters. The van der Waals surface area contributed by atoms with E-state index in [-0.39, 0.29) is 5.57 Å². The third kappa shape index (κ3) is 4.12. The number of carboxylic acids is 1. The van der Waals surface area contributed by atoms with Gasteiger partial charge in [-0.2, -0.15) is 0 Å². The molecule has 0 saturated carbocycles. The number of methoxy groups -OCH3 is 2. The molecule has 2 aromatic rings. The topological polar surface area (TPSA) is 65.0 Å². The number of ether oxygens (including phenoxy) is 3. The normalized spacial score (nSPS) is 11.1. The second-order valence-electron chi connectivity index (χ2n) is 5.36. The molecule has 5 nitrogen and oxygen atoms in total. The second-order valence-corrected chi connectivity index (χ2v) is 5.36. The number of hydrogen-bond acceptors (Lipinski definition) is 4. The third-order valence-electron chi connectivity index (χ3n) is 3.77. The van der Waals surface area contributed by atoms with Gasteiger partial charge < -0.3 is 19.3 Å². The zero-order valence-electron chi connectivity index (χ0n) is 14.8. The van der Waals surface area contributed by atoms with E-state index in [0.29, 0.717) is 35.0 Å². The molecule has 0 atom stereocenters. The number of carbonyl (C=O) groups is 1. The lowest BCUT2D eigenvalue weighted by atomic mass is 9.97. The Morgan fingerprint density at radius 2 is 1.92 bits per heavy atom. The Kier molecular flexibility index (Phi) is 6.06. The van der Waals surface area contributed by atoms with Gasteiger partial charge in [0.15, 0.2) is 11.5 Å². The molecule has 132 valence electrons. The lowest BCUT2D eigenvalue weighted by molar-refractivity contribution is -0.130. The van der Waals surface area contributed by atoms with Gasteiger partial charge in [0, 0.05) is 5.56 Å². The fraction of sp³-hybridized carbons (Fsp3) is 0.250.